The summed E-state index contributed by atoms with van der Waals surface area (Å²) in [6, 6.07) is 7.76. The molecule has 0 saturated carbocycles. The Hall–Kier alpha value is -2.76. The number of Topliss-reactive ketones (excluding diaryl/α,β-unsaturated/α-hetero) is 1. The van der Waals surface area contributed by atoms with E-state index in [1.807, 2.05) is 0 Å². The second-order valence-electron chi connectivity index (χ2n) is 6.58. The summed E-state index contributed by atoms with van der Waals surface area (Å²) in [6.07, 6.45) is 0.215. The van der Waals surface area contributed by atoms with Gasteiger partial charge in [-0.25, -0.2) is 13.2 Å². The summed E-state index contributed by atoms with van der Waals surface area (Å²) in [5.41, 5.74) is 0.0118. The number of nitrogens with zero attached hydrogens (tertiary/aromatic N) is 1. The third-order valence-electron chi connectivity index (χ3n) is 4.59. The van der Waals surface area contributed by atoms with E-state index in [9.17, 15) is 27.9 Å². The van der Waals surface area contributed by atoms with Gasteiger partial charge in [-0.1, -0.05) is 6.07 Å². The number of hydrogen-bond acceptors (Lipinski definition) is 7. The number of aromatic carboxylic acids is 1. The van der Waals surface area contributed by atoms with Crippen molar-refractivity contribution >= 4 is 39.0 Å². The second kappa shape index (κ2) is 8.94. The predicted octanol–water partition coefficient (Wildman–Crippen LogP) is 1.74. The monoisotopic (exact) mass is 452 g/mol. The van der Waals surface area contributed by atoms with E-state index in [0.717, 1.165) is 15.6 Å². The van der Waals surface area contributed by atoms with Gasteiger partial charge in [-0.15, -0.1) is 11.3 Å². The summed E-state index contributed by atoms with van der Waals surface area (Å²) < 4.78 is 31.8. The van der Waals surface area contributed by atoms with Crippen molar-refractivity contribution in [1.29, 1.82) is 0 Å². The number of rotatable bonds is 7. The van der Waals surface area contributed by atoms with Crippen molar-refractivity contribution in [2.45, 2.75) is 23.6 Å². The molecule has 0 bridgehead atoms. The highest BCUT2D eigenvalue weighted by molar-refractivity contribution is 7.91. The summed E-state index contributed by atoms with van der Waals surface area (Å²) in [5.74, 6) is -1.28. The van der Waals surface area contributed by atoms with Crippen LogP contribution >= 0.6 is 11.3 Å². The Labute approximate surface area is 177 Å². The SMILES string of the molecule is COc1cccc(C(=O)NCc2cc(C(=O)O)c(S(=O)(=O)N3CCC(=O)CC3)s2)c1. The lowest BCUT2D eigenvalue weighted by molar-refractivity contribution is -0.120. The normalized spacial score (nSPS) is 15.0. The Kier molecular flexibility index (Phi) is 6.54. The van der Waals surface area contributed by atoms with Gasteiger partial charge in [-0.05, 0) is 24.3 Å². The van der Waals surface area contributed by atoms with E-state index in [4.69, 9.17) is 4.74 Å². The Bertz CT molecular complexity index is 1080. The molecule has 0 unspecified atom stereocenters. The Morgan fingerprint density at radius 3 is 2.57 bits per heavy atom. The molecule has 2 aromatic rings. The van der Waals surface area contributed by atoms with E-state index in [1.165, 1.54) is 13.2 Å². The molecule has 2 heterocycles. The minimum Gasteiger partial charge on any atom is -0.497 e. The Morgan fingerprint density at radius 2 is 1.93 bits per heavy atom. The highest BCUT2D eigenvalue weighted by atomic mass is 32.2. The number of carbonyl (C=O) groups is 3. The van der Waals surface area contributed by atoms with E-state index in [2.05, 4.69) is 5.32 Å². The fraction of sp³-hybridized carbons (Fsp3) is 0.316. The summed E-state index contributed by atoms with van der Waals surface area (Å²) in [4.78, 5) is 35.7. The van der Waals surface area contributed by atoms with Crippen LogP contribution in [0, 0.1) is 0 Å². The zero-order valence-corrected chi connectivity index (χ0v) is 17.7. The first-order chi connectivity index (χ1) is 14.2. The van der Waals surface area contributed by atoms with E-state index < -0.39 is 21.9 Å². The number of nitrogens with one attached hydrogen (secondary N) is 1. The predicted molar refractivity (Wildman–Crippen MR) is 108 cm³/mol. The van der Waals surface area contributed by atoms with E-state index in [0.29, 0.717) is 16.2 Å². The fourth-order valence-electron chi connectivity index (χ4n) is 2.98. The standard InChI is InChI=1S/C19H20N2O7S2/c1-28-14-4-2-3-12(9-14)17(23)20-11-15-10-16(18(24)25)19(29-15)30(26,27)21-7-5-13(22)6-8-21/h2-4,9-10H,5-8,11H2,1H3,(H,20,23)(H,24,25). The van der Waals surface area contributed by atoms with Crippen LogP contribution in [0.5, 0.6) is 5.75 Å². The number of amides is 1. The minimum absolute atomic E-state index is 0.0213. The van der Waals surface area contributed by atoms with E-state index >= 15 is 0 Å². The number of methoxy groups -OCH3 is 1. The van der Waals surface area contributed by atoms with Crippen molar-refractivity contribution in [3.8, 4) is 5.75 Å². The quantitative estimate of drug-likeness (QED) is 0.654. The average Bonchev–Trinajstić information content (AvgIpc) is 3.18. The van der Waals surface area contributed by atoms with E-state index in [-0.39, 0.29) is 48.0 Å². The topological polar surface area (TPSA) is 130 Å². The lowest BCUT2D eigenvalue weighted by Crippen LogP contribution is -2.38. The van der Waals surface area contributed by atoms with Gasteiger partial charge >= 0.3 is 5.97 Å². The van der Waals surface area contributed by atoms with Gasteiger partial charge in [0.15, 0.2) is 0 Å². The smallest absolute Gasteiger partial charge is 0.337 e. The third kappa shape index (κ3) is 4.69. The van der Waals surface area contributed by atoms with Gasteiger partial charge in [0.05, 0.1) is 19.2 Å². The molecule has 0 radical (unpaired) electrons. The number of carboxylic acid groups (broad SMARTS) is 1. The van der Waals surface area contributed by atoms with Crippen LogP contribution in [0.1, 0.15) is 38.4 Å². The summed E-state index contributed by atoms with van der Waals surface area (Å²) in [5, 5.41) is 12.1. The molecule has 0 atom stereocenters. The summed E-state index contributed by atoms with van der Waals surface area (Å²) in [7, 11) is -2.57. The largest absolute Gasteiger partial charge is 0.497 e. The molecule has 30 heavy (non-hydrogen) atoms. The molecule has 1 aliphatic heterocycles. The molecule has 0 aliphatic carbocycles. The first-order valence-corrected chi connectivity index (χ1v) is 11.3. The number of ether oxygens (including phenoxy) is 1. The van der Waals surface area contributed by atoms with Crippen molar-refractivity contribution < 1.29 is 32.6 Å². The highest BCUT2D eigenvalue weighted by Crippen LogP contribution is 2.31. The molecular formula is C19H20N2O7S2. The van der Waals surface area contributed by atoms with Crippen molar-refractivity contribution in [3.63, 3.8) is 0 Å². The zero-order chi connectivity index (χ0) is 21.9. The van der Waals surface area contributed by atoms with Crippen LogP contribution < -0.4 is 10.1 Å². The summed E-state index contributed by atoms with van der Waals surface area (Å²) in [6.45, 7) is 0.0229. The minimum atomic E-state index is -4.05. The number of hydrogen-bond donors (Lipinski definition) is 2. The Balaban J connectivity index is 1.79. The first-order valence-electron chi connectivity index (χ1n) is 9.02. The Morgan fingerprint density at radius 1 is 1.23 bits per heavy atom. The van der Waals surface area contributed by atoms with Crippen LogP contribution in [0.4, 0.5) is 0 Å². The maximum atomic E-state index is 12.9. The number of thiophene rings is 1. The van der Waals surface area contributed by atoms with Crippen LogP contribution in [-0.2, 0) is 21.4 Å². The number of carboxylic acids is 1. The molecule has 2 N–H and O–H groups in total. The molecule has 11 heteroatoms. The molecule has 1 aliphatic rings. The zero-order valence-electron chi connectivity index (χ0n) is 16.1. The van der Waals surface area contributed by atoms with Gasteiger partial charge in [0.1, 0.15) is 15.7 Å². The number of carbonyl (C=O) groups excluding carboxylic acids is 2. The number of ketones is 1. The molecule has 3 rings (SSSR count). The number of piperidine rings is 1. The molecule has 9 nitrogen and oxygen atoms in total. The molecule has 1 saturated heterocycles. The van der Waals surface area contributed by atoms with Gasteiger partial charge in [0.25, 0.3) is 15.9 Å². The van der Waals surface area contributed by atoms with Crippen LogP contribution in [0.25, 0.3) is 0 Å². The highest BCUT2D eigenvalue weighted by Gasteiger charge is 2.34. The molecule has 1 fully saturated rings. The van der Waals surface area contributed by atoms with Crippen LogP contribution in [-0.4, -0.2) is 55.7 Å². The molecule has 160 valence electrons. The molecule has 1 aromatic heterocycles. The molecule has 1 aromatic carbocycles. The van der Waals surface area contributed by atoms with Gasteiger partial charge in [-0.2, -0.15) is 4.31 Å². The fourth-order valence-corrected chi connectivity index (χ4v) is 6.17. The van der Waals surface area contributed by atoms with Crippen molar-refractivity contribution in [3.05, 3.63) is 46.3 Å². The summed E-state index contributed by atoms with van der Waals surface area (Å²) >= 11 is 0.799. The first kappa shape index (κ1) is 21.9. The molecule has 1 amide bonds. The van der Waals surface area contributed by atoms with Gasteiger partial charge in [0, 0.05) is 36.4 Å². The second-order valence-corrected chi connectivity index (χ2v) is 9.85. The van der Waals surface area contributed by atoms with Crippen molar-refractivity contribution in [2.75, 3.05) is 20.2 Å². The maximum Gasteiger partial charge on any atom is 0.337 e. The van der Waals surface area contributed by atoms with Crippen LogP contribution in [0.3, 0.4) is 0 Å². The lowest BCUT2D eigenvalue weighted by Gasteiger charge is -2.24. The van der Waals surface area contributed by atoms with Crippen LogP contribution in [0.2, 0.25) is 0 Å². The lowest BCUT2D eigenvalue weighted by atomic mass is 10.1. The van der Waals surface area contributed by atoms with Crippen molar-refractivity contribution in [2.24, 2.45) is 0 Å². The van der Waals surface area contributed by atoms with Gasteiger partial charge < -0.3 is 15.2 Å². The number of sulfonamides is 1. The number of benzene rings is 1. The molecule has 0 spiro atoms. The van der Waals surface area contributed by atoms with Crippen LogP contribution in [0.15, 0.2) is 34.5 Å². The molecular weight excluding hydrogens is 432 g/mol. The van der Waals surface area contributed by atoms with Gasteiger partial charge in [-0.3, -0.25) is 9.59 Å². The maximum absolute atomic E-state index is 12.9. The van der Waals surface area contributed by atoms with Gasteiger partial charge in [0.2, 0.25) is 0 Å². The average molecular weight is 453 g/mol. The third-order valence-corrected chi connectivity index (χ3v) is 8.13. The van der Waals surface area contributed by atoms with E-state index in [1.54, 1.807) is 24.3 Å². The van der Waals surface area contributed by atoms with Crippen molar-refractivity contribution in [1.82, 2.24) is 9.62 Å².